The lowest BCUT2D eigenvalue weighted by Crippen LogP contribution is -2.02. The second-order valence-corrected chi connectivity index (χ2v) is 15.8. The van der Waals surface area contributed by atoms with Crippen LogP contribution in [-0.4, -0.2) is 29.9 Å². The van der Waals surface area contributed by atoms with Gasteiger partial charge in [0, 0.05) is 33.4 Å². The van der Waals surface area contributed by atoms with Crippen LogP contribution in [0.2, 0.25) is 0 Å². The molecular weight excluding hydrogens is 805 g/mol. The van der Waals surface area contributed by atoms with Crippen LogP contribution >= 0.6 is 0 Å². The van der Waals surface area contributed by atoms with Crippen LogP contribution in [0.3, 0.4) is 0 Å². The fourth-order valence-electron chi connectivity index (χ4n) is 8.46. The maximum atomic E-state index is 5.33. The average molecular weight is 845 g/mol. The van der Waals surface area contributed by atoms with Crippen LogP contribution in [0.4, 0.5) is 0 Å². The smallest absolute Gasteiger partial charge is 0.164 e. The molecule has 11 aromatic rings. The van der Waals surface area contributed by atoms with E-state index in [1.54, 1.807) is 0 Å². The predicted molar refractivity (Wildman–Crippen MR) is 268 cm³/mol. The third-order valence-corrected chi connectivity index (χ3v) is 11.7. The molecular formula is C60H40N6. The summed E-state index contributed by atoms with van der Waals surface area (Å²) < 4.78 is 0. The third kappa shape index (κ3) is 8.07. The molecule has 0 radical (unpaired) electrons. The van der Waals surface area contributed by atoms with Crippen molar-refractivity contribution in [3.63, 3.8) is 0 Å². The van der Waals surface area contributed by atoms with Crippen molar-refractivity contribution in [2.45, 2.75) is 0 Å². The van der Waals surface area contributed by atoms with Gasteiger partial charge in [0.15, 0.2) is 34.9 Å². The highest BCUT2D eigenvalue weighted by Crippen LogP contribution is 2.43. The summed E-state index contributed by atoms with van der Waals surface area (Å²) in [5, 5.41) is 0. The molecule has 0 amide bonds. The molecule has 310 valence electrons. The number of hydrogen-bond acceptors (Lipinski definition) is 6. The highest BCUT2D eigenvalue weighted by molar-refractivity contribution is 5.97. The first-order chi connectivity index (χ1) is 32.7. The zero-order chi connectivity index (χ0) is 44.1. The molecule has 2 heterocycles. The lowest BCUT2D eigenvalue weighted by Gasteiger charge is -2.19. The molecule has 66 heavy (non-hydrogen) atoms. The first kappa shape index (κ1) is 39.8. The second kappa shape index (κ2) is 18.0. The van der Waals surface area contributed by atoms with Crippen molar-refractivity contribution in [1.82, 2.24) is 29.9 Å². The Hall–Kier alpha value is -9.00. The van der Waals surface area contributed by atoms with Gasteiger partial charge in [-0.05, 0) is 50.6 Å². The molecule has 0 atom stereocenters. The summed E-state index contributed by atoms with van der Waals surface area (Å²) in [6.07, 6.45) is 0. The molecule has 0 aliphatic rings. The van der Waals surface area contributed by atoms with Crippen LogP contribution < -0.4 is 0 Å². The Bertz CT molecular complexity index is 3400. The van der Waals surface area contributed by atoms with E-state index >= 15 is 0 Å². The predicted octanol–water partition coefficient (Wildman–Crippen LogP) is 14.7. The topological polar surface area (TPSA) is 77.3 Å². The Morgan fingerprint density at radius 2 is 0.409 bits per heavy atom. The fraction of sp³-hybridized carbons (Fsp3) is 0. The Morgan fingerprint density at radius 1 is 0.152 bits per heavy atom. The molecule has 0 N–H and O–H groups in total. The van der Waals surface area contributed by atoms with Crippen molar-refractivity contribution >= 4 is 0 Å². The van der Waals surface area contributed by atoms with E-state index in [0.717, 1.165) is 77.9 Å². The second-order valence-electron chi connectivity index (χ2n) is 15.8. The van der Waals surface area contributed by atoms with Gasteiger partial charge in [0.25, 0.3) is 0 Å². The summed E-state index contributed by atoms with van der Waals surface area (Å²) >= 11 is 0. The summed E-state index contributed by atoms with van der Waals surface area (Å²) in [6, 6.07) is 83.0. The number of nitrogens with zero attached hydrogens (tertiary/aromatic N) is 6. The zero-order valence-electron chi connectivity index (χ0n) is 35.8. The van der Waals surface area contributed by atoms with Crippen LogP contribution in [0.5, 0.6) is 0 Å². The molecule has 11 rings (SSSR count). The molecule has 0 fully saturated rings. The number of benzene rings is 9. The lowest BCUT2D eigenvalue weighted by atomic mass is 9.86. The van der Waals surface area contributed by atoms with E-state index in [1.807, 2.05) is 103 Å². The zero-order valence-corrected chi connectivity index (χ0v) is 35.8. The van der Waals surface area contributed by atoms with Gasteiger partial charge in [-0.15, -0.1) is 0 Å². The molecule has 6 heteroatoms. The molecule has 6 nitrogen and oxygen atoms in total. The molecule has 0 aliphatic carbocycles. The minimum atomic E-state index is 0.571. The van der Waals surface area contributed by atoms with E-state index in [9.17, 15) is 0 Å². The summed E-state index contributed by atoms with van der Waals surface area (Å²) in [4.78, 5) is 31.0. The molecule has 0 bridgehead atoms. The lowest BCUT2D eigenvalue weighted by molar-refractivity contribution is 1.07. The summed E-state index contributed by atoms with van der Waals surface area (Å²) in [7, 11) is 0. The Kier molecular flexibility index (Phi) is 10.9. The SMILES string of the molecule is c1ccc(-c2nc(-c3ccccc3)nc(-c3ccc(-c4ccccc4-c4nc(-c5ccccc5)nc(-c5ccccc5-c5ccccc5)n4)c(-c4ccccc4-c4ccccc4)c3)n2)cc1. The van der Waals surface area contributed by atoms with Crippen LogP contribution in [0.1, 0.15) is 0 Å². The number of hydrogen-bond donors (Lipinski definition) is 0. The number of aromatic nitrogens is 6. The Balaban J connectivity index is 1.14. The van der Waals surface area contributed by atoms with Crippen molar-refractivity contribution < 1.29 is 0 Å². The van der Waals surface area contributed by atoms with Gasteiger partial charge in [-0.2, -0.15) is 0 Å². The number of rotatable bonds is 10. The van der Waals surface area contributed by atoms with Crippen molar-refractivity contribution in [3.8, 4) is 113 Å². The molecule has 0 unspecified atom stereocenters. The largest absolute Gasteiger partial charge is 0.208 e. The van der Waals surface area contributed by atoms with Crippen LogP contribution in [0.25, 0.3) is 113 Å². The summed E-state index contributed by atoms with van der Waals surface area (Å²) in [5.74, 6) is 3.55. The van der Waals surface area contributed by atoms with Crippen LogP contribution in [0.15, 0.2) is 243 Å². The van der Waals surface area contributed by atoms with Gasteiger partial charge >= 0.3 is 0 Å². The maximum Gasteiger partial charge on any atom is 0.164 e. The molecule has 2 aromatic heterocycles. The Labute approximate surface area is 383 Å². The molecule has 0 saturated carbocycles. The molecule has 9 aromatic carbocycles. The minimum Gasteiger partial charge on any atom is -0.208 e. The van der Waals surface area contributed by atoms with E-state index in [-0.39, 0.29) is 0 Å². The van der Waals surface area contributed by atoms with Gasteiger partial charge in [0.05, 0.1) is 0 Å². The van der Waals surface area contributed by atoms with E-state index in [0.29, 0.717) is 34.9 Å². The quantitative estimate of drug-likeness (QED) is 0.136. The standard InChI is InChI=1S/C60H40N6/c1-6-22-41(23-7-1)47-32-16-18-34-49(47)54-40-46(58-62-55(43-26-10-3-11-27-43)61-56(63-58)44-28-12-4-13-29-44)38-39-51(54)50-35-19-21-37-53(50)60-65-57(45-30-14-5-15-31-45)64-59(66-60)52-36-20-17-33-48(52)42-24-8-2-9-25-42/h1-40H. The van der Waals surface area contributed by atoms with Crippen LogP contribution in [0, 0.1) is 0 Å². The fourth-order valence-corrected chi connectivity index (χ4v) is 8.46. The normalized spacial score (nSPS) is 11.0. The van der Waals surface area contributed by atoms with Gasteiger partial charge in [-0.25, -0.2) is 29.9 Å². The summed E-state index contributed by atoms with van der Waals surface area (Å²) in [5.41, 5.74) is 13.8. The van der Waals surface area contributed by atoms with Gasteiger partial charge in [0.1, 0.15) is 0 Å². The van der Waals surface area contributed by atoms with Gasteiger partial charge < -0.3 is 0 Å². The van der Waals surface area contributed by atoms with E-state index in [4.69, 9.17) is 29.9 Å². The highest BCUT2D eigenvalue weighted by Gasteiger charge is 2.22. The van der Waals surface area contributed by atoms with Gasteiger partial charge in [-0.3, -0.25) is 0 Å². The van der Waals surface area contributed by atoms with E-state index < -0.39 is 0 Å². The van der Waals surface area contributed by atoms with Crippen molar-refractivity contribution in [2.24, 2.45) is 0 Å². The van der Waals surface area contributed by atoms with Crippen molar-refractivity contribution in [1.29, 1.82) is 0 Å². The van der Waals surface area contributed by atoms with Crippen molar-refractivity contribution in [2.75, 3.05) is 0 Å². The third-order valence-electron chi connectivity index (χ3n) is 11.7. The minimum absolute atomic E-state index is 0.571. The van der Waals surface area contributed by atoms with Gasteiger partial charge in [-0.1, -0.05) is 237 Å². The maximum absolute atomic E-state index is 5.33. The monoisotopic (exact) mass is 844 g/mol. The first-order valence-corrected chi connectivity index (χ1v) is 22.0. The van der Waals surface area contributed by atoms with Crippen molar-refractivity contribution in [3.05, 3.63) is 243 Å². The average Bonchev–Trinajstić information content (AvgIpc) is 3.41. The molecule has 0 spiro atoms. The van der Waals surface area contributed by atoms with E-state index in [2.05, 4.69) is 140 Å². The molecule has 0 aliphatic heterocycles. The van der Waals surface area contributed by atoms with Gasteiger partial charge in [0.2, 0.25) is 0 Å². The highest BCUT2D eigenvalue weighted by atomic mass is 15.0. The Morgan fingerprint density at radius 3 is 0.833 bits per heavy atom. The first-order valence-electron chi connectivity index (χ1n) is 22.0. The summed E-state index contributed by atoms with van der Waals surface area (Å²) in [6.45, 7) is 0. The van der Waals surface area contributed by atoms with Crippen LogP contribution in [-0.2, 0) is 0 Å². The molecule has 0 saturated heterocycles. The van der Waals surface area contributed by atoms with E-state index in [1.165, 1.54) is 0 Å².